The lowest BCUT2D eigenvalue weighted by atomic mass is 9.87. The Balaban J connectivity index is 1.61. The van der Waals surface area contributed by atoms with Crippen molar-refractivity contribution in [1.82, 2.24) is 14.8 Å². The fourth-order valence-corrected chi connectivity index (χ4v) is 4.86. The lowest BCUT2D eigenvalue weighted by Crippen LogP contribution is -2.19. The minimum absolute atomic E-state index is 0.0807. The Labute approximate surface area is 215 Å². The highest BCUT2D eigenvalue weighted by Crippen LogP contribution is 2.37. The van der Waals surface area contributed by atoms with Crippen molar-refractivity contribution in [3.63, 3.8) is 0 Å². The SMILES string of the molecule is Cc1ccc(NC(=O)[C@H](Sc2nnc(-c3ccc(C(C)(C)C)cc3)n2C)c2ccccc2)cc1Cl. The highest BCUT2D eigenvalue weighted by atomic mass is 35.5. The number of anilines is 1. The van der Waals surface area contributed by atoms with E-state index in [9.17, 15) is 4.79 Å². The van der Waals surface area contributed by atoms with Crippen molar-refractivity contribution in [2.45, 2.75) is 43.5 Å². The Morgan fingerprint density at radius 3 is 2.31 bits per heavy atom. The van der Waals surface area contributed by atoms with Gasteiger partial charge < -0.3 is 9.88 Å². The van der Waals surface area contributed by atoms with E-state index in [1.165, 1.54) is 17.3 Å². The maximum absolute atomic E-state index is 13.4. The zero-order valence-corrected chi connectivity index (χ0v) is 22.1. The van der Waals surface area contributed by atoms with Crippen LogP contribution in [0.1, 0.15) is 42.7 Å². The van der Waals surface area contributed by atoms with Crippen LogP contribution < -0.4 is 5.32 Å². The van der Waals surface area contributed by atoms with Crippen LogP contribution in [0.25, 0.3) is 11.4 Å². The number of nitrogens with zero attached hydrogens (tertiary/aromatic N) is 3. The molecule has 1 N–H and O–H groups in total. The van der Waals surface area contributed by atoms with Crippen LogP contribution in [-0.2, 0) is 17.3 Å². The molecule has 0 aliphatic heterocycles. The number of carbonyl (C=O) groups excluding carboxylic acids is 1. The van der Waals surface area contributed by atoms with Crippen molar-refractivity contribution < 1.29 is 4.79 Å². The van der Waals surface area contributed by atoms with Crippen LogP contribution in [0.5, 0.6) is 0 Å². The fraction of sp³-hybridized carbons (Fsp3) is 0.250. The van der Waals surface area contributed by atoms with E-state index < -0.39 is 5.25 Å². The molecule has 0 bridgehead atoms. The summed E-state index contributed by atoms with van der Waals surface area (Å²) in [5.74, 6) is 0.602. The molecule has 35 heavy (non-hydrogen) atoms. The summed E-state index contributed by atoms with van der Waals surface area (Å²) in [5, 5.41) is 12.6. The molecular weight excluding hydrogens is 476 g/mol. The average molecular weight is 505 g/mol. The van der Waals surface area contributed by atoms with Crippen LogP contribution >= 0.6 is 23.4 Å². The molecule has 1 amide bonds. The molecule has 1 aromatic heterocycles. The number of rotatable bonds is 6. The van der Waals surface area contributed by atoms with Gasteiger partial charge in [-0.05, 0) is 41.2 Å². The molecule has 0 aliphatic carbocycles. The molecule has 0 aliphatic rings. The van der Waals surface area contributed by atoms with Gasteiger partial charge in [0.25, 0.3) is 0 Å². The van der Waals surface area contributed by atoms with E-state index in [4.69, 9.17) is 11.6 Å². The van der Waals surface area contributed by atoms with Gasteiger partial charge in [0.2, 0.25) is 5.91 Å². The van der Waals surface area contributed by atoms with Crippen molar-refractivity contribution in [2.24, 2.45) is 7.05 Å². The number of thioether (sulfide) groups is 1. The minimum Gasteiger partial charge on any atom is -0.325 e. The zero-order chi connectivity index (χ0) is 25.2. The molecule has 0 saturated heterocycles. The number of halogens is 1. The van der Waals surface area contributed by atoms with Gasteiger partial charge >= 0.3 is 0 Å². The summed E-state index contributed by atoms with van der Waals surface area (Å²) in [6.45, 7) is 8.51. The van der Waals surface area contributed by atoms with Crippen LogP contribution in [-0.4, -0.2) is 20.7 Å². The molecule has 0 saturated carbocycles. The van der Waals surface area contributed by atoms with Crippen LogP contribution in [0.4, 0.5) is 5.69 Å². The Kier molecular flexibility index (Phi) is 7.33. The van der Waals surface area contributed by atoms with Crippen LogP contribution in [0, 0.1) is 6.92 Å². The summed E-state index contributed by atoms with van der Waals surface area (Å²) in [7, 11) is 1.93. The van der Waals surface area contributed by atoms with Crippen molar-refractivity contribution in [3.05, 3.63) is 94.5 Å². The molecule has 7 heteroatoms. The van der Waals surface area contributed by atoms with Crippen molar-refractivity contribution in [1.29, 1.82) is 0 Å². The second-order valence-electron chi connectivity index (χ2n) is 9.55. The van der Waals surface area contributed by atoms with Gasteiger partial charge in [0, 0.05) is 23.3 Å². The second kappa shape index (κ2) is 10.3. The summed E-state index contributed by atoms with van der Waals surface area (Å²) in [6.07, 6.45) is 0. The molecule has 0 spiro atoms. The Bertz CT molecular complexity index is 1330. The lowest BCUT2D eigenvalue weighted by molar-refractivity contribution is -0.115. The molecule has 0 radical (unpaired) electrons. The first kappa shape index (κ1) is 25.0. The molecule has 1 atom stereocenters. The third kappa shape index (κ3) is 5.77. The number of benzene rings is 3. The predicted octanol–water partition coefficient (Wildman–Crippen LogP) is 7.21. The number of aryl methyl sites for hydroxylation is 1. The van der Waals surface area contributed by atoms with E-state index in [0.29, 0.717) is 15.9 Å². The summed E-state index contributed by atoms with van der Waals surface area (Å²) < 4.78 is 1.93. The smallest absolute Gasteiger partial charge is 0.242 e. The van der Waals surface area contributed by atoms with Gasteiger partial charge in [0.15, 0.2) is 11.0 Å². The van der Waals surface area contributed by atoms with Crippen LogP contribution in [0.2, 0.25) is 5.02 Å². The van der Waals surface area contributed by atoms with Gasteiger partial charge in [0.1, 0.15) is 5.25 Å². The Hall–Kier alpha value is -3.09. The normalized spacial score (nSPS) is 12.4. The standard InChI is InChI=1S/C28H29ClN4OS/c1-18-11-16-22(17-23(18)29)30-26(34)24(19-9-7-6-8-10-19)35-27-32-31-25(33(27)5)20-12-14-21(15-13-20)28(2,3)4/h6-17,24H,1-5H3,(H,30,34)/t24-/m1/s1. The molecule has 1 heterocycles. The highest BCUT2D eigenvalue weighted by molar-refractivity contribution is 8.00. The number of amides is 1. The second-order valence-corrected chi connectivity index (χ2v) is 11.0. The van der Waals surface area contributed by atoms with Crippen molar-refractivity contribution in [2.75, 3.05) is 5.32 Å². The van der Waals surface area contributed by atoms with Gasteiger partial charge in [0.05, 0.1) is 0 Å². The lowest BCUT2D eigenvalue weighted by Gasteiger charge is -2.19. The Morgan fingerprint density at radius 1 is 1.00 bits per heavy atom. The first-order valence-electron chi connectivity index (χ1n) is 11.4. The monoisotopic (exact) mass is 504 g/mol. The maximum Gasteiger partial charge on any atom is 0.242 e. The Morgan fingerprint density at radius 2 is 1.69 bits per heavy atom. The zero-order valence-electron chi connectivity index (χ0n) is 20.5. The van der Waals surface area contributed by atoms with Gasteiger partial charge in [-0.3, -0.25) is 4.79 Å². The predicted molar refractivity (Wildman–Crippen MR) is 145 cm³/mol. The fourth-order valence-electron chi connectivity index (χ4n) is 3.67. The summed E-state index contributed by atoms with van der Waals surface area (Å²) >= 11 is 7.63. The number of aromatic nitrogens is 3. The van der Waals surface area contributed by atoms with Crippen LogP contribution in [0.15, 0.2) is 78.0 Å². The van der Waals surface area contributed by atoms with E-state index >= 15 is 0 Å². The molecule has 0 fully saturated rings. The summed E-state index contributed by atoms with van der Waals surface area (Å²) in [5.41, 5.74) is 4.82. The van der Waals surface area contributed by atoms with Crippen molar-refractivity contribution >= 4 is 35.0 Å². The average Bonchev–Trinajstić information content (AvgIpc) is 3.19. The number of carbonyl (C=O) groups is 1. The molecule has 0 unspecified atom stereocenters. The molecule has 5 nitrogen and oxygen atoms in total. The van der Waals surface area contributed by atoms with Gasteiger partial charge in [-0.2, -0.15) is 0 Å². The third-order valence-corrected chi connectivity index (χ3v) is 7.54. The largest absolute Gasteiger partial charge is 0.325 e. The summed E-state index contributed by atoms with van der Waals surface area (Å²) in [6, 6.07) is 23.6. The highest BCUT2D eigenvalue weighted by Gasteiger charge is 2.26. The first-order chi connectivity index (χ1) is 16.6. The van der Waals surface area contributed by atoms with E-state index in [2.05, 4.69) is 60.6 Å². The van der Waals surface area contributed by atoms with E-state index in [1.807, 2.05) is 61.0 Å². The molecular formula is C28H29ClN4OS. The number of nitrogens with one attached hydrogen (secondary N) is 1. The van der Waals surface area contributed by atoms with E-state index in [0.717, 1.165) is 22.5 Å². The van der Waals surface area contributed by atoms with Crippen LogP contribution in [0.3, 0.4) is 0 Å². The minimum atomic E-state index is -0.518. The topological polar surface area (TPSA) is 59.8 Å². The first-order valence-corrected chi connectivity index (χ1v) is 12.7. The molecule has 3 aromatic carbocycles. The third-order valence-electron chi connectivity index (χ3n) is 5.85. The number of hydrogen-bond donors (Lipinski definition) is 1. The molecule has 4 rings (SSSR count). The van der Waals surface area contributed by atoms with E-state index in [-0.39, 0.29) is 11.3 Å². The quantitative estimate of drug-likeness (QED) is 0.282. The van der Waals surface area contributed by atoms with Gasteiger partial charge in [-0.25, -0.2) is 0 Å². The van der Waals surface area contributed by atoms with E-state index in [1.54, 1.807) is 6.07 Å². The van der Waals surface area contributed by atoms with Gasteiger partial charge in [-0.15, -0.1) is 10.2 Å². The number of hydrogen-bond acceptors (Lipinski definition) is 4. The summed E-state index contributed by atoms with van der Waals surface area (Å²) in [4.78, 5) is 13.4. The van der Waals surface area contributed by atoms with Gasteiger partial charge in [-0.1, -0.05) is 105 Å². The molecule has 4 aromatic rings. The van der Waals surface area contributed by atoms with Crippen molar-refractivity contribution in [3.8, 4) is 11.4 Å². The molecule has 180 valence electrons. The maximum atomic E-state index is 13.4.